The molecule has 1 aliphatic rings. The summed E-state index contributed by atoms with van der Waals surface area (Å²) in [4.78, 5) is 22.7. The first-order chi connectivity index (χ1) is 6.91. The van der Waals surface area contributed by atoms with Gasteiger partial charge in [-0.1, -0.05) is 6.92 Å². The summed E-state index contributed by atoms with van der Waals surface area (Å²) in [5.41, 5.74) is 2.62. The maximum absolute atomic E-state index is 11.7. The highest BCUT2D eigenvalue weighted by atomic mass is 16.4. The lowest BCUT2D eigenvalue weighted by atomic mass is 9.96. The van der Waals surface area contributed by atoms with E-state index >= 15 is 0 Å². The van der Waals surface area contributed by atoms with E-state index in [0.717, 1.165) is 0 Å². The molecule has 0 aromatic rings. The Bertz CT molecular complexity index is 265. The summed E-state index contributed by atoms with van der Waals surface area (Å²) in [7, 11) is 3.43. The fourth-order valence-electron chi connectivity index (χ4n) is 2.16. The Balaban J connectivity index is 2.66. The van der Waals surface area contributed by atoms with Gasteiger partial charge in [0.1, 0.15) is 0 Å². The molecule has 3 unspecified atom stereocenters. The van der Waals surface area contributed by atoms with E-state index in [2.05, 4.69) is 5.43 Å². The van der Waals surface area contributed by atoms with Crippen LogP contribution in [0, 0.1) is 17.8 Å². The Morgan fingerprint density at radius 1 is 1.27 bits per heavy atom. The van der Waals surface area contributed by atoms with Gasteiger partial charge >= 0.3 is 5.97 Å². The van der Waals surface area contributed by atoms with Crippen LogP contribution in [0.25, 0.3) is 0 Å². The van der Waals surface area contributed by atoms with Crippen molar-refractivity contribution in [2.75, 3.05) is 14.1 Å². The predicted octanol–water partition coefficient (Wildman–Crippen LogP) is 0.326. The lowest BCUT2D eigenvalue weighted by Crippen LogP contribution is -2.42. The van der Waals surface area contributed by atoms with Crippen LogP contribution in [0.15, 0.2) is 0 Å². The van der Waals surface area contributed by atoms with Crippen molar-refractivity contribution in [2.24, 2.45) is 17.8 Å². The lowest BCUT2D eigenvalue weighted by Gasteiger charge is -2.18. The SMILES string of the molecule is CC1CC(C(=O)O)C(C(=O)NN(C)C)C1. The Labute approximate surface area is 89.4 Å². The van der Waals surface area contributed by atoms with Gasteiger partial charge in [-0.2, -0.15) is 0 Å². The molecule has 0 heterocycles. The highest BCUT2D eigenvalue weighted by molar-refractivity contribution is 5.85. The molecule has 1 saturated carbocycles. The molecular weight excluding hydrogens is 196 g/mol. The van der Waals surface area contributed by atoms with Gasteiger partial charge in [-0.05, 0) is 18.8 Å². The Kier molecular flexibility index (Phi) is 3.68. The lowest BCUT2D eigenvalue weighted by molar-refractivity contribution is -0.147. The minimum absolute atomic E-state index is 0.184. The van der Waals surface area contributed by atoms with E-state index in [9.17, 15) is 9.59 Å². The van der Waals surface area contributed by atoms with Gasteiger partial charge in [-0.25, -0.2) is 5.01 Å². The number of carbonyl (C=O) groups is 2. The Morgan fingerprint density at radius 3 is 2.27 bits per heavy atom. The molecule has 2 N–H and O–H groups in total. The summed E-state index contributed by atoms with van der Waals surface area (Å²) in [6.07, 6.45) is 1.26. The predicted molar refractivity (Wildman–Crippen MR) is 54.8 cm³/mol. The van der Waals surface area contributed by atoms with Gasteiger partial charge in [-0.3, -0.25) is 15.0 Å². The molecular formula is C10H18N2O3. The van der Waals surface area contributed by atoms with Crippen LogP contribution in [0.1, 0.15) is 19.8 Å². The number of hydrogen-bond acceptors (Lipinski definition) is 3. The number of aliphatic carboxylic acids is 1. The van der Waals surface area contributed by atoms with Gasteiger partial charge in [0.2, 0.25) is 5.91 Å². The van der Waals surface area contributed by atoms with Crippen LogP contribution in [0.4, 0.5) is 0 Å². The fraction of sp³-hybridized carbons (Fsp3) is 0.800. The normalized spacial score (nSPS) is 30.5. The molecule has 0 saturated heterocycles. The smallest absolute Gasteiger partial charge is 0.307 e. The average molecular weight is 214 g/mol. The molecule has 86 valence electrons. The molecule has 5 nitrogen and oxygen atoms in total. The minimum atomic E-state index is -0.863. The molecule has 0 spiro atoms. The summed E-state index contributed by atoms with van der Waals surface area (Å²) in [6.45, 7) is 1.98. The van der Waals surface area contributed by atoms with Crippen molar-refractivity contribution in [3.8, 4) is 0 Å². The molecule has 1 amide bonds. The van der Waals surface area contributed by atoms with Crippen LogP contribution >= 0.6 is 0 Å². The minimum Gasteiger partial charge on any atom is -0.481 e. The Hall–Kier alpha value is -1.10. The van der Waals surface area contributed by atoms with Crippen molar-refractivity contribution in [3.05, 3.63) is 0 Å². The van der Waals surface area contributed by atoms with Crippen LogP contribution in [0.3, 0.4) is 0 Å². The molecule has 0 aromatic carbocycles. The van der Waals surface area contributed by atoms with Crippen molar-refractivity contribution in [3.63, 3.8) is 0 Å². The van der Waals surface area contributed by atoms with E-state index in [-0.39, 0.29) is 11.8 Å². The maximum Gasteiger partial charge on any atom is 0.307 e. The van der Waals surface area contributed by atoms with Crippen LogP contribution in [0.5, 0.6) is 0 Å². The second kappa shape index (κ2) is 4.61. The van der Waals surface area contributed by atoms with Crippen LogP contribution in [-0.4, -0.2) is 36.1 Å². The largest absolute Gasteiger partial charge is 0.481 e. The van der Waals surface area contributed by atoms with E-state index < -0.39 is 11.9 Å². The highest BCUT2D eigenvalue weighted by Crippen LogP contribution is 2.36. The number of carboxylic acids is 1. The van der Waals surface area contributed by atoms with E-state index in [0.29, 0.717) is 18.8 Å². The molecule has 3 atom stereocenters. The highest BCUT2D eigenvalue weighted by Gasteiger charge is 2.41. The molecule has 5 heteroatoms. The second-order valence-corrected chi connectivity index (χ2v) is 4.50. The third-order valence-electron chi connectivity index (χ3n) is 2.79. The molecule has 1 rings (SSSR count). The van der Waals surface area contributed by atoms with Gasteiger partial charge in [-0.15, -0.1) is 0 Å². The van der Waals surface area contributed by atoms with Crippen LogP contribution in [0.2, 0.25) is 0 Å². The molecule has 0 bridgehead atoms. The summed E-state index contributed by atoms with van der Waals surface area (Å²) in [6, 6.07) is 0. The van der Waals surface area contributed by atoms with E-state index in [1.165, 1.54) is 0 Å². The molecule has 0 aliphatic heterocycles. The van der Waals surface area contributed by atoms with Gasteiger partial charge in [0.25, 0.3) is 0 Å². The van der Waals surface area contributed by atoms with Crippen LogP contribution in [-0.2, 0) is 9.59 Å². The zero-order valence-corrected chi connectivity index (χ0v) is 9.36. The second-order valence-electron chi connectivity index (χ2n) is 4.50. The number of hydrogen-bond donors (Lipinski definition) is 2. The van der Waals surface area contributed by atoms with Crippen molar-refractivity contribution in [1.82, 2.24) is 10.4 Å². The number of carbonyl (C=O) groups excluding carboxylic acids is 1. The third-order valence-corrected chi connectivity index (χ3v) is 2.79. The summed E-state index contributed by atoms with van der Waals surface area (Å²) in [5, 5.41) is 10.5. The third kappa shape index (κ3) is 2.92. The number of nitrogens with one attached hydrogen (secondary N) is 1. The summed E-state index contributed by atoms with van der Waals surface area (Å²) in [5.74, 6) is -1.65. The zero-order chi connectivity index (χ0) is 11.6. The fourth-order valence-corrected chi connectivity index (χ4v) is 2.16. The first-order valence-electron chi connectivity index (χ1n) is 5.12. The number of carboxylic acid groups (broad SMARTS) is 1. The monoisotopic (exact) mass is 214 g/mol. The standard InChI is InChI=1S/C10H18N2O3/c1-6-4-7(8(5-6)10(14)15)9(13)11-12(2)3/h6-8H,4-5H2,1-3H3,(H,11,13)(H,14,15). The van der Waals surface area contributed by atoms with Gasteiger partial charge < -0.3 is 5.11 Å². The van der Waals surface area contributed by atoms with Gasteiger partial charge in [0.05, 0.1) is 11.8 Å². The molecule has 1 fully saturated rings. The number of nitrogens with zero attached hydrogens (tertiary/aromatic N) is 1. The molecule has 0 radical (unpaired) electrons. The van der Waals surface area contributed by atoms with Gasteiger partial charge in [0, 0.05) is 14.1 Å². The summed E-state index contributed by atoms with van der Waals surface area (Å²) < 4.78 is 0. The van der Waals surface area contributed by atoms with Crippen molar-refractivity contribution >= 4 is 11.9 Å². The van der Waals surface area contributed by atoms with E-state index in [1.807, 2.05) is 6.92 Å². The quantitative estimate of drug-likeness (QED) is 0.664. The van der Waals surface area contributed by atoms with E-state index in [4.69, 9.17) is 5.11 Å². The number of hydrazine groups is 1. The molecule has 15 heavy (non-hydrogen) atoms. The van der Waals surface area contributed by atoms with Crippen molar-refractivity contribution in [1.29, 1.82) is 0 Å². The zero-order valence-electron chi connectivity index (χ0n) is 9.36. The first-order valence-corrected chi connectivity index (χ1v) is 5.12. The topological polar surface area (TPSA) is 69.6 Å². The first kappa shape index (κ1) is 12.0. The maximum atomic E-state index is 11.7. The van der Waals surface area contributed by atoms with E-state index in [1.54, 1.807) is 19.1 Å². The molecule has 0 aromatic heterocycles. The number of rotatable bonds is 3. The number of amides is 1. The Morgan fingerprint density at radius 2 is 1.80 bits per heavy atom. The summed E-state index contributed by atoms with van der Waals surface area (Å²) >= 11 is 0. The average Bonchev–Trinajstić information content (AvgIpc) is 2.46. The van der Waals surface area contributed by atoms with Crippen molar-refractivity contribution < 1.29 is 14.7 Å². The van der Waals surface area contributed by atoms with Gasteiger partial charge in [0.15, 0.2) is 0 Å². The van der Waals surface area contributed by atoms with Crippen molar-refractivity contribution in [2.45, 2.75) is 19.8 Å². The molecule has 1 aliphatic carbocycles. The van der Waals surface area contributed by atoms with Crippen LogP contribution < -0.4 is 5.43 Å².